The number of aliphatic hydroxyl groups excluding tert-OH is 1. The van der Waals surface area contributed by atoms with Gasteiger partial charge in [-0.05, 0) is 23.8 Å². The van der Waals surface area contributed by atoms with Gasteiger partial charge >= 0.3 is 5.97 Å². The van der Waals surface area contributed by atoms with E-state index in [1.807, 2.05) is 0 Å². The van der Waals surface area contributed by atoms with E-state index in [9.17, 15) is 27.8 Å². The van der Waals surface area contributed by atoms with Gasteiger partial charge in [-0.2, -0.15) is 0 Å². The summed E-state index contributed by atoms with van der Waals surface area (Å²) in [7, 11) is -2.75. The van der Waals surface area contributed by atoms with Crippen LogP contribution in [0.3, 0.4) is 0 Å². The van der Waals surface area contributed by atoms with Crippen LogP contribution in [0, 0.1) is 5.82 Å². The lowest BCUT2D eigenvalue weighted by molar-refractivity contribution is -0.141. The number of halogens is 1. The van der Waals surface area contributed by atoms with E-state index < -0.39 is 40.3 Å². The third-order valence-corrected chi connectivity index (χ3v) is 3.65. The van der Waals surface area contributed by atoms with Crippen molar-refractivity contribution >= 4 is 16.7 Å². The maximum atomic E-state index is 13.0. The Kier molecular flexibility index (Phi) is 5.35. The van der Waals surface area contributed by atoms with Crippen LogP contribution in [0.1, 0.15) is 29.1 Å². The van der Waals surface area contributed by atoms with Gasteiger partial charge < -0.3 is 10.2 Å². The number of aliphatic carboxylic acids is 1. The molecule has 1 heterocycles. The first kappa shape index (κ1) is 17.0. The summed E-state index contributed by atoms with van der Waals surface area (Å²) in [5.74, 6) is -3.68. The average Bonchev–Trinajstić information content (AvgIpc) is 2.48. The summed E-state index contributed by atoms with van der Waals surface area (Å²) in [6, 6.07) is 5.99. The predicted molar refractivity (Wildman–Crippen MR) is 77.8 cm³/mol. The standard InChI is InChI=1S/C14H13FN2O5S/c15-9-3-1-8(2-4-9)12(14(19)20)13(18)10-5-6-16-11(17-10)7-23(21)22/h1-6,12-13,18,23H,7H2,(H,19,20). The van der Waals surface area contributed by atoms with Crippen molar-refractivity contribution in [2.45, 2.75) is 17.8 Å². The molecule has 1 aromatic carbocycles. The van der Waals surface area contributed by atoms with Gasteiger partial charge in [0.25, 0.3) is 0 Å². The Labute approximate surface area is 132 Å². The zero-order valence-electron chi connectivity index (χ0n) is 11.7. The lowest BCUT2D eigenvalue weighted by Crippen LogP contribution is -2.21. The molecule has 2 rings (SSSR count). The molecule has 0 saturated carbocycles. The van der Waals surface area contributed by atoms with E-state index in [0.29, 0.717) is 0 Å². The topological polar surface area (TPSA) is 117 Å². The van der Waals surface area contributed by atoms with E-state index in [2.05, 4.69) is 9.97 Å². The molecule has 7 nitrogen and oxygen atoms in total. The molecular formula is C14H13FN2O5S. The van der Waals surface area contributed by atoms with Crippen LogP contribution in [0.4, 0.5) is 4.39 Å². The van der Waals surface area contributed by atoms with E-state index in [4.69, 9.17) is 0 Å². The van der Waals surface area contributed by atoms with Crippen molar-refractivity contribution in [2.75, 3.05) is 0 Å². The molecule has 0 aliphatic heterocycles. The fourth-order valence-corrected chi connectivity index (χ4v) is 2.46. The van der Waals surface area contributed by atoms with Gasteiger partial charge in [0.1, 0.15) is 40.1 Å². The summed E-state index contributed by atoms with van der Waals surface area (Å²) in [6.07, 6.45) is -0.298. The number of carboxylic acid groups (broad SMARTS) is 1. The number of hydrogen-bond acceptors (Lipinski definition) is 6. The Balaban J connectivity index is 2.36. The van der Waals surface area contributed by atoms with E-state index in [-0.39, 0.29) is 17.1 Å². The summed E-state index contributed by atoms with van der Waals surface area (Å²) >= 11 is 0. The molecule has 0 saturated heterocycles. The minimum absolute atomic E-state index is 0.0245. The molecule has 2 unspecified atom stereocenters. The molecular weight excluding hydrogens is 327 g/mol. The van der Waals surface area contributed by atoms with Crippen LogP contribution in [0.5, 0.6) is 0 Å². The van der Waals surface area contributed by atoms with Gasteiger partial charge in [-0.3, -0.25) is 4.79 Å². The molecule has 0 aliphatic rings. The molecule has 0 radical (unpaired) electrons. The van der Waals surface area contributed by atoms with Crippen molar-refractivity contribution in [3.05, 3.63) is 59.4 Å². The number of aliphatic hydroxyl groups is 1. The van der Waals surface area contributed by atoms with Crippen LogP contribution in [-0.2, 0) is 21.3 Å². The summed E-state index contributed by atoms with van der Waals surface area (Å²) in [6.45, 7) is 0. The summed E-state index contributed by atoms with van der Waals surface area (Å²) in [5, 5.41) is 19.7. The quantitative estimate of drug-likeness (QED) is 0.660. The fourth-order valence-electron chi connectivity index (χ4n) is 2.07. The van der Waals surface area contributed by atoms with Gasteiger partial charge in [0.2, 0.25) is 0 Å². The first-order valence-electron chi connectivity index (χ1n) is 6.48. The second-order valence-electron chi connectivity index (χ2n) is 4.70. The number of nitrogens with zero attached hydrogens (tertiary/aromatic N) is 2. The van der Waals surface area contributed by atoms with Crippen molar-refractivity contribution in [3.8, 4) is 0 Å². The molecule has 1 aromatic heterocycles. The predicted octanol–water partition coefficient (Wildman–Crippen LogP) is 0.629. The molecule has 23 heavy (non-hydrogen) atoms. The third kappa shape index (κ3) is 4.30. The monoisotopic (exact) mass is 340 g/mol. The number of aromatic nitrogens is 2. The first-order chi connectivity index (χ1) is 10.9. The lowest BCUT2D eigenvalue weighted by atomic mass is 9.91. The second kappa shape index (κ2) is 7.25. The SMILES string of the molecule is O=C(O)C(c1ccc(F)cc1)C(O)c1ccnc(C[SH](=O)=O)n1. The van der Waals surface area contributed by atoms with Crippen molar-refractivity contribution in [2.24, 2.45) is 0 Å². The van der Waals surface area contributed by atoms with Gasteiger partial charge in [0.15, 0.2) is 0 Å². The number of hydrogen-bond donors (Lipinski definition) is 3. The molecule has 122 valence electrons. The van der Waals surface area contributed by atoms with Crippen LogP contribution in [0.25, 0.3) is 0 Å². The molecule has 0 fully saturated rings. The second-order valence-corrected chi connectivity index (χ2v) is 5.68. The van der Waals surface area contributed by atoms with Crippen molar-refractivity contribution in [1.29, 1.82) is 0 Å². The Morgan fingerprint density at radius 3 is 2.43 bits per heavy atom. The average molecular weight is 340 g/mol. The Hall–Kier alpha value is -2.39. The maximum absolute atomic E-state index is 13.0. The Bertz CT molecular complexity index is 771. The number of thiol groups is 1. The minimum Gasteiger partial charge on any atom is -0.481 e. The summed E-state index contributed by atoms with van der Waals surface area (Å²) in [5.41, 5.74) is 0.171. The molecule has 2 N–H and O–H groups in total. The fraction of sp³-hybridized carbons (Fsp3) is 0.214. The van der Waals surface area contributed by atoms with Crippen LogP contribution in [0.2, 0.25) is 0 Å². The number of rotatable bonds is 6. The molecule has 0 amide bonds. The normalized spacial score (nSPS) is 13.7. The lowest BCUT2D eigenvalue weighted by Gasteiger charge is -2.19. The Morgan fingerprint density at radius 2 is 1.87 bits per heavy atom. The van der Waals surface area contributed by atoms with E-state index in [1.165, 1.54) is 24.4 Å². The molecule has 2 atom stereocenters. The van der Waals surface area contributed by atoms with Gasteiger partial charge in [-0.1, -0.05) is 12.1 Å². The van der Waals surface area contributed by atoms with Crippen LogP contribution in [0.15, 0.2) is 36.5 Å². The number of benzene rings is 1. The smallest absolute Gasteiger partial charge is 0.314 e. The van der Waals surface area contributed by atoms with Crippen molar-refractivity contribution in [1.82, 2.24) is 9.97 Å². The van der Waals surface area contributed by atoms with Gasteiger partial charge in [-0.25, -0.2) is 22.8 Å². The molecule has 2 aromatic rings. The highest BCUT2D eigenvalue weighted by atomic mass is 32.2. The van der Waals surface area contributed by atoms with Crippen LogP contribution >= 0.6 is 0 Å². The summed E-state index contributed by atoms with van der Waals surface area (Å²) < 4.78 is 34.4. The van der Waals surface area contributed by atoms with Crippen molar-refractivity contribution in [3.63, 3.8) is 0 Å². The highest BCUT2D eigenvalue weighted by molar-refractivity contribution is 7.71. The molecule has 0 spiro atoms. The van der Waals surface area contributed by atoms with E-state index in [0.717, 1.165) is 12.1 Å². The largest absolute Gasteiger partial charge is 0.481 e. The third-order valence-electron chi connectivity index (χ3n) is 3.11. The van der Waals surface area contributed by atoms with Gasteiger partial charge in [0.05, 0.1) is 5.69 Å². The Morgan fingerprint density at radius 1 is 1.22 bits per heavy atom. The van der Waals surface area contributed by atoms with E-state index >= 15 is 0 Å². The summed E-state index contributed by atoms with van der Waals surface area (Å²) in [4.78, 5) is 19.1. The molecule has 0 bridgehead atoms. The van der Waals surface area contributed by atoms with Crippen molar-refractivity contribution < 1.29 is 27.8 Å². The van der Waals surface area contributed by atoms with Crippen LogP contribution < -0.4 is 0 Å². The molecule has 0 aliphatic carbocycles. The highest BCUT2D eigenvalue weighted by Gasteiger charge is 2.30. The van der Waals surface area contributed by atoms with Gasteiger partial charge in [0, 0.05) is 6.20 Å². The highest BCUT2D eigenvalue weighted by Crippen LogP contribution is 2.30. The first-order valence-corrected chi connectivity index (χ1v) is 7.84. The minimum atomic E-state index is -2.75. The zero-order chi connectivity index (χ0) is 17.0. The van der Waals surface area contributed by atoms with E-state index in [1.54, 1.807) is 0 Å². The zero-order valence-corrected chi connectivity index (χ0v) is 12.6. The van der Waals surface area contributed by atoms with Gasteiger partial charge in [-0.15, -0.1) is 0 Å². The number of carbonyl (C=O) groups is 1. The van der Waals surface area contributed by atoms with Crippen LogP contribution in [-0.4, -0.2) is 34.6 Å². The molecule has 9 heteroatoms. The number of carboxylic acids is 1. The maximum Gasteiger partial charge on any atom is 0.314 e.